The number of carboxylic acid groups (broad SMARTS) is 1. The molecule has 0 radical (unpaired) electrons. The first-order chi connectivity index (χ1) is 14.4. The van der Waals surface area contributed by atoms with Gasteiger partial charge in [0.1, 0.15) is 0 Å². The Morgan fingerprint density at radius 3 is 2.28 bits per heavy atom. The summed E-state index contributed by atoms with van der Waals surface area (Å²) in [6.45, 7) is 0.343. The van der Waals surface area contributed by atoms with Crippen molar-refractivity contribution in [2.24, 2.45) is 11.8 Å². The largest absolute Gasteiger partial charge is 1.00 e. The van der Waals surface area contributed by atoms with E-state index in [0.29, 0.717) is 25.3 Å². The molecule has 2 aliphatic rings. The molecule has 1 saturated carbocycles. The zero-order valence-electron chi connectivity index (χ0n) is 19.5. The van der Waals surface area contributed by atoms with Gasteiger partial charge in [0.2, 0.25) is 5.91 Å². The van der Waals surface area contributed by atoms with Crippen LogP contribution in [0.5, 0.6) is 0 Å². The zero-order valence-corrected chi connectivity index (χ0v) is 24.4. The van der Waals surface area contributed by atoms with Crippen molar-refractivity contribution in [2.45, 2.75) is 63.8 Å². The summed E-state index contributed by atoms with van der Waals surface area (Å²) in [5.41, 5.74) is 1.16. The number of rotatable bonds is 9. The van der Waals surface area contributed by atoms with Gasteiger partial charge in [-0.25, -0.2) is 0 Å². The summed E-state index contributed by atoms with van der Waals surface area (Å²) < 4.78 is 12.5. The SMILES string of the molecule is O=C([O-])[C@@H]1C[C@@H](C2CCCCC2)CN1C(=O)CP(=O)([O-])CCCCc1ccccc1.[Na+].[Na+]. The van der Waals surface area contributed by atoms with Crippen LogP contribution in [0.1, 0.15) is 56.9 Å². The summed E-state index contributed by atoms with van der Waals surface area (Å²) in [6.07, 6.45) is 7.43. The van der Waals surface area contributed by atoms with E-state index in [4.69, 9.17) is 0 Å². The molecule has 0 bridgehead atoms. The first kappa shape index (κ1) is 30.4. The normalized spacial score (nSPS) is 23.0. The van der Waals surface area contributed by atoms with Gasteiger partial charge >= 0.3 is 59.1 Å². The third kappa shape index (κ3) is 9.19. The van der Waals surface area contributed by atoms with Crippen molar-refractivity contribution < 1.29 is 83.3 Å². The third-order valence-electron chi connectivity index (χ3n) is 6.68. The standard InChI is InChI=1S/C23H34NO5P.2Na/c25-22(17-30(28,29)14-8-7-11-18-9-3-1-4-10-18)24-16-20(15-21(24)23(26)27)19-12-5-2-6-13-19;;/h1,3-4,9-10,19-21H,2,5-8,11-17H2,(H,26,27)(H,28,29);;/q;2*+1/p-2/t20-,21+;;/m1../s1. The van der Waals surface area contributed by atoms with Crippen molar-refractivity contribution in [3.05, 3.63) is 35.9 Å². The Balaban J connectivity index is 0.00000256. The van der Waals surface area contributed by atoms with Gasteiger partial charge in [-0.05, 0) is 49.2 Å². The van der Waals surface area contributed by atoms with Crippen LogP contribution in [0.4, 0.5) is 0 Å². The van der Waals surface area contributed by atoms with E-state index in [1.165, 1.54) is 11.3 Å². The van der Waals surface area contributed by atoms with Crippen molar-refractivity contribution in [1.82, 2.24) is 4.90 Å². The van der Waals surface area contributed by atoms with Crippen LogP contribution in [0, 0.1) is 11.8 Å². The molecule has 6 nitrogen and oxygen atoms in total. The Morgan fingerprint density at radius 2 is 1.66 bits per heavy atom. The third-order valence-corrected chi connectivity index (χ3v) is 8.43. The van der Waals surface area contributed by atoms with Crippen molar-refractivity contribution in [1.29, 1.82) is 0 Å². The van der Waals surface area contributed by atoms with Crippen molar-refractivity contribution in [2.75, 3.05) is 18.9 Å². The number of carboxylic acids is 1. The molecule has 0 aromatic heterocycles. The smallest absolute Gasteiger partial charge is 0.799 e. The van der Waals surface area contributed by atoms with Crippen LogP contribution in [0.25, 0.3) is 0 Å². The minimum Gasteiger partial charge on any atom is -0.799 e. The molecule has 3 atom stereocenters. The summed E-state index contributed by atoms with van der Waals surface area (Å²) >= 11 is 0. The van der Waals surface area contributed by atoms with Gasteiger partial charge in [0.25, 0.3) is 0 Å². The first-order valence-electron chi connectivity index (χ1n) is 11.2. The van der Waals surface area contributed by atoms with Gasteiger partial charge in [0.05, 0.1) is 18.2 Å². The van der Waals surface area contributed by atoms with E-state index >= 15 is 0 Å². The fourth-order valence-corrected chi connectivity index (χ4v) is 6.47. The topological polar surface area (TPSA) is 101 Å². The molecule has 1 saturated heterocycles. The van der Waals surface area contributed by atoms with Crippen molar-refractivity contribution in [3.63, 3.8) is 0 Å². The molecular formula is C23H32NNa2O5P. The van der Waals surface area contributed by atoms with E-state index in [1.54, 1.807) is 0 Å². The van der Waals surface area contributed by atoms with Crippen LogP contribution in [-0.2, 0) is 20.6 Å². The predicted octanol–water partition coefficient (Wildman–Crippen LogP) is -3.80. The van der Waals surface area contributed by atoms with Crippen LogP contribution in [-0.4, -0.2) is 41.7 Å². The van der Waals surface area contributed by atoms with E-state index in [-0.39, 0.29) is 71.2 Å². The molecule has 1 unspecified atom stereocenters. The van der Waals surface area contributed by atoms with Crippen LogP contribution < -0.4 is 69.1 Å². The summed E-state index contributed by atoms with van der Waals surface area (Å²) in [7, 11) is -3.89. The maximum Gasteiger partial charge on any atom is 1.00 e. The average Bonchev–Trinajstić information content (AvgIpc) is 3.19. The number of hydrogen-bond donors (Lipinski definition) is 0. The van der Waals surface area contributed by atoms with Gasteiger partial charge in [-0.15, -0.1) is 0 Å². The molecular weight excluding hydrogens is 447 g/mol. The number of benzene rings is 1. The van der Waals surface area contributed by atoms with Crippen molar-refractivity contribution in [3.8, 4) is 0 Å². The number of likely N-dealkylation sites (tertiary alicyclic amines) is 1. The number of unbranched alkanes of at least 4 members (excludes halogenated alkanes) is 1. The second kappa shape index (κ2) is 14.7. The van der Waals surface area contributed by atoms with E-state index in [1.807, 2.05) is 30.3 Å². The number of hydrogen-bond acceptors (Lipinski definition) is 5. The molecule has 1 aliphatic heterocycles. The Morgan fingerprint density at radius 1 is 1.00 bits per heavy atom. The maximum absolute atomic E-state index is 12.7. The summed E-state index contributed by atoms with van der Waals surface area (Å²) in [5, 5.41) is 11.6. The Kier molecular flexibility index (Phi) is 13.9. The van der Waals surface area contributed by atoms with Crippen LogP contribution in [0.3, 0.4) is 0 Å². The van der Waals surface area contributed by atoms with E-state index in [9.17, 15) is 24.2 Å². The fraction of sp³-hybridized carbons (Fsp3) is 0.652. The molecule has 0 spiro atoms. The molecule has 1 aromatic rings. The second-order valence-electron chi connectivity index (χ2n) is 8.91. The average molecular weight is 479 g/mol. The Labute approximate surface area is 235 Å². The minimum atomic E-state index is -3.89. The molecule has 0 N–H and O–H groups in total. The van der Waals surface area contributed by atoms with E-state index in [2.05, 4.69) is 0 Å². The summed E-state index contributed by atoms with van der Waals surface area (Å²) in [5.74, 6) is -1.29. The van der Waals surface area contributed by atoms with Gasteiger partial charge in [0, 0.05) is 13.9 Å². The first-order valence-corrected chi connectivity index (χ1v) is 13.2. The zero-order chi connectivity index (χ0) is 21.6. The van der Waals surface area contributed by atoms with Gasteiger partial charge in [-0.1, -0.05) is 62.4 Å². The fourth-order valence-electron chi connectivity index (χ4n) is 5.02. The Hall–Kier alpha value is 0.350. The van der Waals surface area contributed by atoms with Gasteiger partial charge in [0.15, 0.2) is 0 Å². The predicted molar refractivity (Wildman–Crippen MR) is 112 cm³/mol. The molecule has 3 rings (SSSR count). The van der Waals surface area contributed by atoms with Gasteiger partial charge in [-0.3, -0.25) is 4.79 Å². The molecule has 9 heteroatoms. The number of aliphatic carboxylic acids is 1. The maximum atomic E-state index is 12.7. The van der Waals surface area contributed by atoms with Crippen LogP contribution in [0.15, 0.2) is 30.3 Å². The van der Waals surface area contributed by atoms with Crippen LogP contribution >= 0.6 is 7.37 Å². The number of carbonyl (C=O) groups excluding carboxylic acids is 2. The monoisotopic (exact) mass is 479 g/mol. The second-order valence-corrected chi connectivity index (χ2v) is 11.3. The minimum absolute atomic E-state index is 0. The van der Waals surface area contributed by atoms with Gasteiger partial charge < -0.3 is 24.3 Å². The number of carbonyl (C=O) groups is 2. The summed E-state index contributed by atoms with van der Waals surface area (Å²) in [4.78, 5) is 38.1. The number of amides is 1. The molecule has 1 amide bonds. The van der Waals surface area contributed by atoms with Crippen molar-refractivity contribution >= 4 is 19.2 Å². The summed E-state index contributed by atoms with van der Waals surface area (Å²) in [6, 6.07) is 8.88. The molecule has 32 heavy (non-hydrogen) atoms. The molecule has 1 aliphatic carbocycles. The van der Waals surface area contributed by atoms with E-state index in [0.717, 1.165) is 44.1 Å². The molecule has 2 fully saturated rings. The number of nitrogens with zero attached hydrogens (tertiary/aromatic N) is 1. The quantitative estimate of drug-likeness (QED) is 0.206. The molecule has 1 heterocycles. The molecule has 166 valence electrons. The van der Waals surface area contributed by atoms with Gasteiger partial charge in [-0.2, -0.15) is 0 Å². The van der Waals surface area contributed by atoms with E-state index < -0.39 is 31.4 Å². The molecule has 1 aromatic carbocycles. The van der Waals surface area contributed by atoms with Crippen LogP contribution in [0.2, 0.25) is 0 Å². The number of aryl methyl sites for hydroxylation is 1. The Bertz CT molecular complexity index is 773.